The van der Waals surface area contributed by atoms with E-state index in [1.54, 1.807) is 6.92 Å². The highest BCUT2D eigenvalue weighted by molar-refractivity contribution is 9.10. The van der Waals surface area contributed by atoms with Crippen LogP contribution in [-0.2, 0) is 20.1 Å². The zero-order chi connectivity index (χ0) is 12.5. The number of halogens is 1. The number of aliphatic carboxylic acids is 1. The SMILES string of the molecule is CC1(c2ccccc2Br)OCC(CC(=O)O)O1. The Balaban J connectivity index is 2.17. The van der Waals surface area contributed by atoms with Gasteiger partial charge >= 0.3 is 5.97 Å². The lowest BCUT2D eigenvalue weighted by Crippen LogP contribution is -2.25. The number of rotatable bonds is 3. The second kappa shape index (κ2) is 4.76. The Bertz CT molecular complexity index is 434. The number of benzene rings is 1. The van der Waals surface area contributed by atoms with Crippen LogP contribution in [0.3, 0.4) is 0 Å². The number of hydrogen-bond donors (Lipinski definition) is 1. The van der Waals surface area contributed by atoms with E-state index in [0.29, 0.717) is 6.61 Å². The fourth-order valence-corrected chi connectivity index (χ4v) is 2.55. The van der Waals surface area contributed by atoms with E-state index in [-0.39, 0.29) is 6.42 Å². The minimum Gasteiger partial charge on any atom is -0.481 e. The summed E-state index contributed by atoms with van der Waals surface area (Å²) in [5, 5.41) is 8.72. The molecular formula is C12H13BrO4. The van der Waals surface area contributed by atoms with E-state index in [0.717, 1.165) is 10.0 Å². The molecule has 1 aromatic carbocycles. The highest BCUT2D eigenvalue weighted by Crippen LogP contribution is 2.38. The van der Waals surface area contributed by atoms with Crippen LogP contribution < -0.4 is 0 Å². The van der Waals surface area contributed by atoms with Crippen LogP contribution in [0.15, 0.2) is 28.7 Å². The second-order valence-corrected chi connectivity index (χ2v) is 4.93. The zero-order valence-corrected chi connectivity index (χ0v) is 10.9. The van der Waals surface area contributed by atoms with Gasteiger partial charge in [0, 0.05) is 10.0 Å². The van der Waals surface area contributed by atoms with Crippen LogP contribution in [0, 0.1) is 0 Å². The summed E-state index contributed by atoms with van der Waals surface area (Å²) in [7, 11) is 0. The van der Waals surface area contributed by atoms with Crippen LogP contribution in [0.5, 0.6) is 0 Å². The van der Waals surface area contributed by atoms with Gasteiger partial charge in [-0.05, 0) is 13.0 Å². The Hall–Kier alpha value is -0.910. The molecule has 1 aliphatic heterocycles. The summed E-state index contributed by atoms with van der Waals surface area (Å²) < 4.78 is 12.2. The summed E-state index contributed by atoms with van der Waals surface area (Å²) >= 11 is 3.44. The van der Waals surface area contributed by atoms with E-state index < -0.39 is 17.9 Å². The lowest BCUT2D eigenvalue weighted by molar-refractivity contribution is -0.166. The van der Waals surface area contributed by atoms with E-state index in [9.17, 15) is 4.79 Å². The Morgan fingerprint density at radius 3 is 2.94 bits per heavy atom. The predicted molar refractivity (Wildman–Crippen MR) is 64.6 cm³/mol. The third kappa shape index (κ3) is 2.68. The summed E-state index contributed by atoms with van der Waals surface area (Å²) in [6, 6.07) is 7.59. The fraction of sp³-hybridized carbons (Fsp3) is 0.417. The molecule has 2 atom stereocenters. The molecule has 0 amide bonds. The quantitative estimate of drug-likeness (QED) is 0.932. The van der Waals surface area contributed by atoms with Crippen molar-refractivity contribution < 1.29 is 19.4 Å². The third-order valence-electron chi connectivity index (χ3n) is 2.70. The predicted octanol–water partition coefficient (Wildman–Crippen LogP) is 2.51. The Morgan fingerprint density at radius 1 is 1.59 bits per heavy atom. The molecule has 0 aliphatic carbocycles. The molecule has 5 heteroatoms. The molecule has 2 rings (SSSR count). The lowest BCUT2D eigenvalue weighted by atomic mass is 10.1. The molecule has 4 nitrogen and oxygen atoms in total. The number of hydrogen-bond acceptors (Lipinski definition) is 3. The molecule has 1 aromatic rings. The van der Waals surface area contributed by atoms with Crippen molar-refractivity contribution in [2.75, 3.05) is 6.61 Å². The first kappa shape index (κ1) is 12.5. The summed E-state index contributed by atoms with van der Waals surface area (Å²) in [5.41, 5.74) is 0.868. The van der Waals surface area contributed by atoms with Crippen molar-refractivity contribution in [3.63, 3.8) is 0 Å². The fourth-order valence-electron chi connectivity index (χ4n) is 1.90. The minimum absolute atomic E-state index is 0.0416. The van der Waals surface area contributed by atoms with E-state index in [4.69, 9.17) is 14.6 Å². The maximum atomic E-state index is 10.6. The first-order valence-electron chi connectivity index (χ1n) is 5.30. The van der Waals surface area contributed by atoms with Gasteiger partial charge in [-0.15, -0.1) is 0 Å². The first-order chi connectivity index (χ1) is 8.01. The summed E-state index contributed by atoms with van der Waals surface area (Å²) in [6.45, 7) is 2.10. The van der Waals surface area contributed by atoms with Crippen LogP contribution >= 0.6 is 15.9 Å². The molecule has 1 saturated heterocycles. The summed E-state index contributed by atoms with van der Waals surface area (Å²) in [6.07, 6.45) is -0.440. The van der Waals surface area contributed by atoms with Crippen molar-refractivity contribution in [2.24, 2.45) is 0 Å². The van der Waals surface area contributed by atoms with Gasteiger partial charge in [0.1, 0.15) is 0 Å². The maximum Gasteiger partial charge on any atom is 0.306 e. The molecule has 92 valence electrons. The smallest absolute Gasteiger partial charge is 0.306 e. The molecule has 0 aromatic heterocycles. The van der Waals surface area contributed by atoms with Crippen LogP contribution in [0.2, 0.25) is 0 Å². The highest BCUT2D eigenvalue weighted by atomic mass is 79.9. The van der Waals surface area contributed by atoms with Crippen molar-refractivity contribution in [2.45, 2.75) is 25.2 Å². The molecule has 17 heavy (non-hydrogen) atoms. The Kier molecular flexibility index (Phi) is 3.51. The van der Waals surface area contributed by atoms with Crippen LogP contribution in [0.4, 0.5) is 0 Å². The number of carbonyl (C=O) groups is 1. The van der Waals surface area contributed by atoms with Gasteiger partial charge in [-0.2, -0.15) is 0 Å². The lowest BCUT2D eigenvalue weighted by Gasteiger charge is -2.24. The maximum absolute atomic E-state index is 10.6. The second-order valence-electron chi connectivity index (χ2n) is 4.07. The summed E-state index contributed by atoms with van der Waals surface area (Å²) in [5.74, 6) is -1.75. The van der Waals surface area contributed by atoms with E-state index in [1.807, 2.05) is 24.3 Å². The van der Waals surface area contributed by atoms with Gasteiger partial charge in [-0.1, -0.05) is 34.1 Å². The minimum atomic E-state index is -0.880. The Morgan fingerprint density at radius 2 is 2.29 bits per heavy atom. The number of carboxylic acid groups (broad SMARTS) is 1. The Labute approximate surface area is 108 Å². The first-order valence-corrected chi connectivity index (χ1v) is 6.09. The molecule has 1 fully saturated rings. The molecule has 1 heterocycles. The van der Waals surface area contributed by atoms with Crippen molar-refractivity contribution in [3.05, 3.63) is 34.3 Å². The van der Waals surface area contributed by atoms with E-state index in [1.165, 1.54) is 0 Å². The molecule has 0 spiro atoms. The average Bonchev–Trinajstić information content (AvgIpc) is 2.60. The summed E-state index contributed by atoms with van der Waals surface area (Å²) in [4.78, 5) is 10.6. The van der Waals surface area contributed by atoms with Crippen molar-refractivity contribution in [1.29, 1.82) is 0 Å². The average molecular weight is 301 g/mol. The van der Waals surface area contributed by atoms with Crippen molar-refractivity contribution >= 4 is 21.9 Å². The van der Waals surface area contributed by atoms with Crippen molar-refractivity contribution in [1.82, 2.24) is 0 Å². The van der Waals surface area contributed by atoms with Gasteiger partial charge in [0.2, 0.25) is 0 Å². The third-order valence-corrected chi connectivity index (χ3v) is 3.39. The van der Waals surface area contributed by atoms with E-state index in [2.05, 4.69) is 15.9 Å². The zero-order valence-electron chi connectivity index (χ0n) is 9.35. The normalized spacial score (nSPS) is 28.2. The van der Waals surface area contributed by atoms with Crippen molar-refractivity contribution in [3.8, 4) is 0 Å². The van der Waals surface area contributed by atoms with Crippen LogP contribution in [-0.4, -0.2) is 23.8 Å². The van der Waals surface area contributed by atoms with Gasteiger partial charge in [-0.3, -0.25) is 4.79 Å². The van der Waals surface area contributed by atoms with Crippen LogP contribution in [0.25, 0.3) is 0 Å². The van der Waals surface area contributed by atoms with Gasteiger partial charge in [0.05, 0.1) is 19.1 Å². The molecule has 0 radical (unpaired) electrons. The van der Waals surface area contributed by atoms with E-state index >= 15 is 0 Å². The standard InChI is InChI=1S/C12H13BrO4/c1-12(9-4-2-3-5-10(9)13)16-7-8(17-12)6-11(14)15/h2-5,8H,6-7H2,1H3,(H,14,15). The largest absolute Gasteiger partial charge is 0.481 e. The molecule has 0 saturated carbocycles. The monoisotopic (exact) mass is 300 g/mol. The van der Waals surface area contributed by atoms with Gasteiger partial charge < -0.3 is 14.6 Å². The molecule has 1 aliphatic rings. The molecule has 2 unspecified atom stereocenters. The van der Waals surface area contributed by atoms with Crippen LogP contribution in [0.1, 0.15) is 18.9 Å². The topological polar surface area (TPSA) is 55.8 Å². The van der Waals surface area contributed by atoms with Gasteiger partial charge in [0.25, 0.3) is 0 Å². The molecular weight excluding hydrogens is 288 g/mol. The number of carboxylic acids is 1. The number of ether oxygens (including phenoxy) is 2. The highest BCUT2D eigenvalue weighted by Gasteiger charge is 2.40. The van der Waals surface area contributed by atoms with Gasteiger partial charge in [0.15, 0.2) is 5.79 Å². The molecule has 0 bridgehead atoms. The molecule has 1 N–H and O–H groups in total. The van der Waals surface area contributed by atoms with Gasteiger partial charge in [-0.25, -0.2) is 0 Å².